The van der Waals surface area contributed by atoms with Gasteiger partial charge in [-0.05, 0) is 32.0 Å². The van der Waals surface area contributed by atoms with Crippen molar-refractivity contribution in [3.05, 3.63) is 34.7 Å². The molecule has 1 N–H and O–H groups in total. The van der Waals surface area contributed by atoms with Crippen LogP contribution >= 0.6 is 0 Å². The molecule has 2 aromatic heterocycles. The number of rotatable bonds is 4. The molecule has 4 rings (SSSR count). The number of hydrogen-bond donors (Lipinski definition) is 1. The highest BCUT2D eigenvalue weighted by atomic mass is 16.5. The van der Waals surface area contributed by atoms with Gasteiger partial charge in [0.15, 0.2) is 0 Å². The lowest BCUT2D eigenvalue weighted by atomic mass is 10.1. The molecule has 142 valence electrons. The second kappa shape index (κ2) is 7.03. The Morgan fingerprint density at radius 1 is 1.26 bits per heavy atom. The Morgan fingerprint density at radius 3 is 2.78 bits per heavy atom. The lowest BCUT2D eigenvalue weighted by Gasteiger charge is -2.29. The first-order chi connectivity index (χ1) is 13.0. The number of hydrogen-bond acceptors (Lipinski definition) is 6. The van der Waals surface area contributed by atoms with Crippen LogP contribution in [0, 0.1) is 0 Å². The molecule has 0 bridgehead atoms. The molecule has 0 radical (unpaired) electrons. The van der Waals surface area contributed by atoms with E-state index in [9.17, 15) is 4.79 Å². The fraction of sp³-hybridized carbons (Fsp3) is 0.421. The van der Waals surface area contributed by atoms with E-state index < -0.39 is 0 Å². The van der Waals surface area contributed by atoms with Gasteiger partial charge in [0.1, 0.15) is 17.1 Å². The molecule has 1 aromatic carbocycles. The van der Waals surface area contributed by atoms with Gasteiger partial charge in [-0.15, -0.1) is 0 Å². The summed E-state index contributed by atoms with van der Waals surface area (Å²) in [6, 6.07) is 5.80. The van der Waals surface area contributed by atoms with Gasteiger partial charge in [0.25, 0.3) is 5.56 Å². The van der Waals surface area contributed by atoms with E-state index in [1.807, 2.05) is 32.0 Å². The van der Waals surface area contributed by atoms with E-state index >= 15 is 0 Å². The van der Waals surface area contributed by atoms with E-state index in [-0.39, 0.29) is 11.7 Å². The highest BCUT2D eigenvalue weighted by Crippen LogP contribution is 2.33. The Hall–Kier alpha value is -2.87. The van der Waals surface area contributed by atoms with E-state index in [0.29, 0.717) is 43.2 Å². The molecule has 0 spiro atoms. The molecular formula is C19H23N5O3. The molecule has 0 amide bonds. The molecule has 1 aliphatic rings. The molecule has 8 nitrogen and oxygen atoms in total. The number of nitrogens with one attached hydrogen (secondary N) is 1. The number of nitrogens with zero attached hydrogens (tertiary/aromatic N) is 4. The number of benzene rings is 1. The minimum Gasteiger partial charge on any atom is -0.491 e. The van der Waals surface area contributed by atoms with Gasteiger partial charge in [0.05, 0.1) is 36.6 Å². The quantitative estimate of drug-likeness (QED) is 0.757. The van der Waals surface area contributed by atoms with E-state index in [1.165, 1.54) is 4.68 Å². The van der Waals surface area contributed by atoms with Crippen LogP contribution in [0.4, 0.5) is 5.69 Å². The maximum absolute atomic E-state index is 12.9. The monoisotopic (exact) mass is 369 g/mol. The highest BCUT2D eigenvalue weighted by molar-refractivity contribution is 5.96. The van der Waals surface area contributed by atoms with Crippen molar-refractivity contribution < 1.29 is 9.47 Å². The molecule has 27 heavy (non-hydrogen) atoms. The van der Waals surface area contributed by atoms with Crippen molar-refractivity contribution in [3.63, 3.8) is 0 Å². The largest absolute Gasteiger partial charge is 0.491 e. The number of anilines is 1. The fourth-order valence-electron chi connectivity index (χ4n) is 3.34. The number of aromatic amines is 1. The molecule has 0 aliphatic carbocycles. The summed E-state index contributed by atoms with van der Waals surface area (Å²) in [4.78, 5) is 14.9. The zero-order valence-corrected chi connectivity index (χ0v) is 15.7. The third-order valence-electron chi connectivity index (χ3n) is 4.60. The summed E-state index contributed by atoms with van der Waals surface area (Å²) in [7, 11) is 1.66. The Labute approximate surface area is 156 Å². The van der Waals surface area contributed by atoms with E-state index in [0.717, 1.165) is 16.7 Å². The topological polar surface area (TPSA) is 85.3 Å². The van der Waals surface area contributed by atoms with Crippen LogP contribution < -0.4 is 15.2 Å². The zero-order valence-electron chi connectivity index (χ0n) is 15.7. The Balaban J connectivity index is 1.88. The standard InChI is InChI=1S/C19H23N5O3/c1-12(2)27-13-4-5-16-14(10-13)17(22-21-16)15-11-20-23(3)19(25)18(15)24-6-8-26-9-7-24/h4-5,10-12H,6-9H2,1-3H3,(H,21,22). The van der Waals surface area contributed by atoms with Crippen molar-refractivity contribution in [2.24, 2.45) is 7.05 Å². The minimum absolute atomic E-state index is 0.0763. The van der Waals surface area contributed by atoms with Crippen molar-refractivity contribution in [1.29, 1.82) is 0 Å². The van der Waals surface area contributed by atoms with Crippen molar-refractivity contribution in [3.8, 4) is 17.0 Å². The first-order valence-electron chi connectivity index (χ1n) is 9.09. The van der Waals surface area contributed by atoms with Crippen molar-refractivity contribution >= 4 is 16.6 Å². The number of H-pyrrole nitrogens is 1. The molecule has 3 heterocycles. The van der Waals surface area contributed by atoms with Crippen molar-refractivity contribution in [1.82, 2.24) is 20.0 Å². The summed E-state index contributed by atoms with van der Waals surface area (Å²) in [5.74, 6) is 0.768. The van der Waals surface area contributed by atoms with Gasteiger partial charge < -0.3 is 14.4 Å². The number of ether oxygens (including phenoxy) is 2. The minimum atomic E-state index is -0.139. The smallest absolute Gasteiger partial charge is 0.290 e. The van der Waals surface area contributed by atoms with Gasteiger partial charge >= 0.3 is 0 Å². The van der Waals surface area contributed by atoms with Crippen LogP contribution in [-0.2, 0) is 11.8 Å². The molecule has 0 unspecified atom stereocenters. The van der Waals surface area contributed by atoms with Crippen LogP contribution in [0.1, 0.15) is 13.8 Å². The summed E-state index contributed by atoms with van der Waals surface area (Å²) in [6.07, 6.45) is 1.78. The Morgan fingerprint density at radius 2 is 2.04 bits per heavy atom. The highest BCUT2D eigenvalue weighted by Gasteiger charge is 2.23. The first-order valence-corrected chi connectivity index (χ1v) is 9.09. The summed E-state index contributed by atoms with van der Waals surface area (Å²) < 4.78 is 12.6. The van der Waals surface area contributed by atoms with E-state index in [2.05, 4.69) is 20.2 Å². The van der Waals surface area contributed by atoms with Gasteiger partial charge in [0.2, 0.25) is 0 Å². The molecule has 1 aliphatic heterocycles. The van der Waals surface area contributed by atoms with Crippen LogP contribution in [0.5, 0.6) is 5.75 Å². The average Bonchev–Trinajstić information content (AvgIpc) is 3.07. The predicted molar refractivity (Wildman–Crippen MR) is 103 cm³/mol. The van der Waals surface area contributed by atoms with Crippen molar-refractivity contribution in [2.75, 3.05) is 31.2 Å². The summed E-state index contributed by atoms with van der Waals surface area (Å²) in [5.41, 5.74) is 2.77. The number of aromatic nitrogens is 4. The summed E-state index contributed by atoms with van der Waals surface area (Å²) >= 11 is 0. The number of aryl methyl sites for hydroxylation is 1. The zero-order chi connectivity index (χ0) is 19.0. The third kappa shape index (κ3) is 3.28. The Bertz CT molecular complexity index is 1020. The summed E-state index contributed by atoms with van der Waals surface area (Å²) in [5, 5.41) is 12.7. The molecule has 0 saturated carbocycles. The third-order valence-corrected chi connectivity index (χ3v) is 4.60. The van der Waals surface area contributed by atoms with Gasteiger partial charge in [0, 0.05) is 25.5 Å². The molecule has 8 heteroatoms. The van der Waals surface area contributed by atoms with E-state index in [4.69, 9.17) is 9.47 Å². The molecular weight excluding hydrogens is 346 g/mol. The van der Waals surface area contributed by atoms with Crippen molar-refractivity contribution in [2.45, 2.75) is 20.0 Å². The van der Waals surface area contributed by atoms with Crippen LogP contribution in [0.25, 0.3) is 22.2 Å². The summed E-state index contributed by atoms with van der Waals surface area (Å²) in [6.45, 7) is 6.49. The molecule has 1 fully saturated rings. The number of morpholine rings is 1. The van der Waals surface area contributed by atoms with Gasteiger partial charge in [-0.3, -0.25) is 9.89 Å². The van der Waals surface area contributed by atoms with Crippen LogP contribution in [0.3, 0.4) is 0 Å². The average molecular weight is 369 g/mol. The van der Waals surface area contributed by atoms with Gasteiger partial charge in [-0.2, -0.15) is 10.2 Å². The molecule has 0 atom stereocenters. The first kappa shape index (κ1) is 17.5. The fourth-order valence-corrected chi connectivity index (χ4v) is 3.34. The second-order valence-corrected chi connectivity index (χ2v) is 6.88. The van der Waals surface area contributed by atoms with Crippen LogP contribution in [0.2, 0.25) is 0 Å². The lowest BCUT2D eigenvalue weighted by Crippen LogP contribution is -2.41. The molecule has 1 saturated heterocycles. The lowest BCUT2D eigenvalue weighted by molar-refractivity contribution is 0.122. The van der Waals surface area contributed by atoms with Gasteiger partial charge in [-0.1, -0.05) is 0 Å². The second-order valence-electron chi connectivity index (χ2n) is 6.88. The Kier molecular flexibility index (Phi) is 4.57. The maximum atomic E-state index is 12.9. The molecule has 3 aromatic rings. The van der Waals surface area contributed by atoms with Crippen LogP contribution in [-0.4, -0.2) is 52.4 Å². The van der Waals surface area contributed by atoms with E-state index in [1.54, 1.807) is 13.2 Å². The van der Waals surface area contributed by atoms with Crippen LogP contribution in [0.15, 0.2) is 29.2 Å². The normalized spacial score (nSPS) is 14.9. The number of fused-ring (bicyclic) bond motifs is 1. The SMILES string of the molecule is CC(C)Oc1ccc2[nH]nc(-c3cnn(C)c(=O)c3N3CCOCC3)c2c1. The predicted octanol–water partition coefficient (Wildman–Crippen LogP) is 1.95. The van der Waals surface area contributed by atoms with Gasteiger partial charge in [-0.25, -0.2) is 4.68 Å². The maximum Gasteiger partial charge on any atom is 0.290 e.